The van der Waals surface area contributed by atoms with E-state index in [9.17, 15) is 0 Å². The lowest BCUT2D eigenvalue weighted by atomic mass is 9.78. The van der Waals surface area contributed by atoms with Gasteiger partial charge in [-0.1, -0.05) is 42.3 Å². The fraction of sp³-hybridized carbons (Fsp3) is 0.429. The average Bonchev–Trinajstić information content (AvgIpc) is 2.30. The van der Waals surface area contributed by atoms with Gasteiger partial charge >= 0.3 is 0 Å². The van der Waals surface area contributed by atoms with Gasteiger partial charge in [0, 0.05) is 5.02 Å². The second-order valence-electron chi connectivity index (χ2n) is 4.38. The third-order valence-corrected chi connectivity index (χ3v) is 3.74. The molecule has 0 bridgehead atoms. The third kappa shape index (κ3) is 2.43. The minimum Gasteiger partial charge on any atom is -0.103 e. The van der Waals surface area contributed by atoms with Crippen molar-refractivity contribution < 1.29 is 0 Å². The normalized spacial score (nSPS) is 26.2. The molecule has 2 unspecified atom stereocenters. The van der Waals surface area contributed by atoms with Crippen molar-refractivity contribution in [3.63, 3.8) is 0 Å². The van der Waals surface area contributed by atoms with Crippen molar-refractivity contribution in [3.8, 4) is 0 Å². The molecule has 1 aromatic rings. The molecule has 0 spiro atoms. The molecule has 0 saturated heterocycles. The van der Waals surface area contributed by atoms with E-state index in [0.29, 0.717) is 11.8 Å². The second-order valence-corrected chi connectivity index (χ2v) is 4.79. The first-order chi connectivity index (χ1) is 7.31. The fourth-order valence-electron chi connectivity index (χ4n) is 2.53. The Morgan fingerprint density at radius 1 is 1.27 bits per heavy atom. The molecule has 0 N–H and O–H groups in total. The first-order valence-corrected chi connectivity index (χ1v) is 6.06. The molecule has 1 aliphatic rings. The van der Waals surface area contributed by atoms with Crippen molar-refractivity contribution in [2.75, 3.05) is 0 Å². The number of rotatable bonds is 2. The first kappa shape index (κ1) is 10.8. The molecule has 1 fully saturated rings. The highest BCUT2D eigenvalue weighted by Gasteiger charge is 2.22. The maximum Gasteiger partial charge on any atom is 0.0440 e. The van der Waals surface area contributed by atoms with Crippen LogP contribution >= 0.6 is 11.6 Å². The molecule has 0 heterocycles. The predicted octanol–water partition coefficient (Wildman–Crippen LogP) is 4.80. The molecule has 0 amide bonds. The Kier molecular flexibility index (Phi) is 3.48. The van der Waals surface area contributed by atoms with Crippen molar-refractivity contribution in [1.29, 1.82) is 0 Å². The summed E-state index contributed by atoms with van der Waals surface area (Å²) in [7, 11) is 0. The van der Waals surface area contributed by atoms with Gasteiger partial charge in [0.05, 0.1) is 0 Å². The van der Waals surface area contributed by atoms with Gasteiger partial charge in [0.25, 0.3) is 0 Å². The van der Waals surface area contributed by atoms with E-state index in [2.05, 4.69) is 24.8 Å². The minimum absolute atomic E-state index is 0.635. The Morgan fingerprint density at radius 2 is 2.07 bits per heavy atom. The highest BCUT2D eigenvalue weighted by Crippen LogP contribution is 2.38. The van der Waals surface area contributed by atoms with Crippen molar-refractivity contribution in [3.05, 3.63) is 47.5 Å². The second kappa shape index (κ2) is 4.85. The Bertz CT molecular complexity index is 343. The van der Waals surface area contributed by atoms with Crippen LogP contribution < -0.4 is 0 Å². The zero-order valence-corrected chi connectivity index (χ0v) is 9.71. The molecule has 0 aliphatic heterocycles. The monoisotopic (exact) mass is 220 g/mol. The highest BCUT2D eigenvalue weighted by atomic mass is 35.5. The van der Waals surface area contributed by atoms with E-state index >= 15 is 0 Å². The van der Waals surface area contributed by atoms with Crippen LogP contribution in [-0.2, 0) is 0 Å². The molecule has 0 radical (unpaired) electrons. The Labute approximate surface area is 97.0 Å². The summed E-state index contributed by atoms with van der Waals surface area (Å²) in [5.41, 5.74) is 1.32. The van der Waals surface area contributed by atoms with Crippen molar-refractivity contribution >= 4 is 11.6 Å². The molecular formula is C14H17Cl. The summed E-state index contributed by atoms with van der Waals surface area (Å²) in [6, 6.07) is 8.24. The number of hydrogen-bond donors (Lipinski definition) is 0. The zero-order chi connectivity index (χ0) is 10.7. The lowest BCUT2D eigenvalue weighted by Gasteiger charge is -2.28. The van der Waals surface area contributed by atoms with Gasteiger partial charge in [-0.3, -0.25) is 0 Å². The molecule has 2 atom stereocenters. The lowest BCUT2D eigenvalue weighted by molar-refractivity contribution is 0.373. The van der Waals surface area contributed by atoms with E-state index < -0.39 is 0 Å². The number of halogens is 1. The number of benzene rings is 1. The summed E-state index contributed by atoms with van der Waals surface area (Å²) < 4.78 is 0. The van der Waals surface area contributed by atoms with E-state index in [1.807, 2.05) is 12.1 Å². The fourth-order valence-corrected chi connectivity index (χ4v) is 2.82. The summed E-state index contributed by atoms with van der Waals surface area (Å²) >= 11 is 6.22. The topological polar surface area (TPSA) is 0 Å². The van der Waals surface area contributed by atoms with E-state index in [1.54, 1.807) is 0 Å². The first-order valence-electron chi connectivity index (χ1n) is 5.68. The van der Waals surface area contributed by atoms with E-state index in [0.717, 1.165) is 5.02 Å². The van der Waals surface area contributed by atoms with Gasteiger partial charge in [-0.15, -0.1) is 6.58 Å². The molecular weight excluding hydrogens is 204 g/mol. The minimum atomic E-state index is 0.635. The molecule has 1 aromatic carbocycles. The van der Waals surface area contributed by atoms with Gasteiger partial charge in [-0.2, -0.15) is 0 Å². The Balaban J connectivity index is 2.16. The molecule has 80 valence electrons. The number of hydrogen-bond acceptors (Lipinski definition) is 0. The van der Waals surface area contributed by atoms with Crippen LogP contribution in [0.15, 0.2) is 36.9 Å². The van der Waals surface area contributed by atoms with Crippen LogP contribution in [0.3, 0.4) is 0 Å². The molecule has 1 aliphatic carbocycles. The van der Waals surface area contributed by atoms with Crippen molar-refractivity contribution in [2.45, 2.75) is 31.6 Å². The maximum atomic E-state index is 6.22. The van der Waals surface area contributed by atoms with Gasteiger partial charge in [0.1, 0.15) is 0 Å². The molecule has 1 saturated carbocycles. The van der Waals surface area contributed by atoms with Crippen LogP contribution in [0, 0.1) is 5.92 Å². The Hall–Kier alpha value is -0.750. The SMILES string of the molecule is C=CC1CCCC(c2ccccc2Cl)C1. The average molecular weight is 221 g/mol. The van der Waals surface area contributed by atoms with E-state index in [-0.39, 0.29) is 0 Å². The third-order valence-electron chi connectivity index (χ3n) is 3.39. The van der Waals surface area contributed by atoms with Gasteiger partial charge in [-0.25, -0.2) is 0 Å². The molecule has 0 aromatic heterocycles. The summed E-state index contributed by atoms with van der Waals surface area (Å²) in [5, 5.41) is 0.923. The van der Waals surface area contributed by atoms with Crippen LogP contribution in [0.4, 0.5) is 0 Å². The Morgan fingerprint density at radius 3 is 2.80 bits per heavy atom. The lowest BCUT2D eigenvalue weighted by Crippen LogP contribution is -2.12. The molecule has 1 heteroatoms. The van der Waals surface area contributed by atoms with E-state index in [4.69, 9.17) is 11.6 Å². The van der Waals surface area contributed by atoms with Crippen LogP contribution in [0.1, 0.15) is 37.2 Å². The van der Waals surface area contributed by atoms with Crippen molar-refractivity contribution in [2.24, 2.45) is 5.92 Å². The smallest absolute Gasteiger partial charge is 0.0440 e. The molecule has 2 rings (SSSR count). The summed E-state index contributed by atoms with van der Waals surface area (Å²) in [6.07, 6.45) is 7.18. The van der Waals surface area contributed by atoms with Crippen LogP contribution in [-0.4, -0.2) is 0 Å². The quantitative estimate of drug-likeness (QED) is 0.628. The molecule has 0 nitrogen and oxygen atoms in total. The maximum absolute atomic E-state index is 6.22. The zero-order valence-electron chi connectivity index (χ0n) is 8.95. The van der Waals surface area contributed by atoms with E-state index in [1.165, 1.54) is 31.2 Å². The number of allylic oxidation sites excluding steroid dienone is 1. The predicted molar refractivity (Wildman–Crippen MR) is 66.3 cm³/mol. The van der Waals surface area contributed by atoms with Crippen LogP contribution in [0.5, 0.6) is 0 Å². The van der Waals surface area contributed by atoms with Gasteiger partial charge < -0.3 is 0 Å². The van der Waals surface area contributed by atoms with Crippen LogP contribution in [0.25, 0.3) is 0 Å². The van der Waals surface area contributed by atoms with Gasteiger partial charge in [0.15, 0.2) is 0 Å². The highest BCUT2D eigenvalue weighted by molar-refractivity contribution is 6.31. The summed E-state index contributed by atoms with van der Waals surface area (Å²) in [5.74, 6) is 1.32. The standard InChI is InChI=1S/C14H17Cl/c1-2-11-6-5-7-12(10-11)13-8-3-4-9-14(13)15/h2-4,8-9,11-12H,1,5-7,10H2. The van der Waals surface area contributed by atoms with Crippen molar-refractivity contribution in [1.82, 2.24) is 0 Å². The molecule has 15 heavy (non-hydrogen) atoms. The summed E-state index contributed by atoms with van der Waals surface area (Å²) in [4.78, 5) is 0. The van der Waals surface area contributed by atoms with Gasteiger partial charge in [0.2, 0.25) is 0 Å². The van der Waals surface area contributed by atoms with Crippen LogP contribution in [0.2, 0.25) is 5.02 Å². The van der Waals surface area contributed by atoms with Gasteiger partial charge in [-0.05, 0) is 42.7 Å². The summed E-state index contributed by atoms with van der Waals surface area (Å²) in [6.45, 7) is 3.90. The largest absolute Gasteiger partial charge is 0.103 e.